The summed E-state index contributed by atoms with van der Waals surface area (Å²) in [7, 11) is 0. The van der Waals surface area contributed by atoms with E-state index in [1.165, 1.54) is 0 Å². The van der Waals surface area contributed by atoms with Gasteiger partial charge < -0.3 is 10.8 Å². The van der Waals surface area contributed by atoms with Gasteiger partial charge in [-0.3, -0.25) is 4.90 Å². The Bertz CT molecular complexity index is 126. The number of hydrogen-bond acceptors (Lipinski definition) is 3. The molecular weight excluding hydrogens is 176 g/mol. The van der Waals surface area contributed by atoms with Crippen molar-refractivity contribution in [3.63, 3.8) is 0 Å². The quantitative estimate of drug-likeness (QED) is 0.619. The number of nitrogens with zero attached hydrogens (tertiary/aromatic N) is 1. The van der Waals surface area contributed by atoms with Crippen LogP contribution in [-0.2, 0) is 0 Å². The van der Waals surface area contributed by atoms with Crippen molar-refractivity contribution in [2.75, 3.05) is 26.2 Å². The van der Waals surface area contributed by atoms with Crippen LogP contribution >= 0.6 is 0 Å². The highest BCUT2D eigenvalue weighted by Crippen LogP contribution is 2.10. The fraction of sp³-hybridized carbons (Fsp3) is 1.00. The van der Waals surface area contributed by atoms with Crippen molar-refractivity contribution in [1.82, 2.24) is 4.90 Å². The lowest BCUT2D eigenvalue weighted by Gasteiger charge is -2.31. The Morgan fingerprint density at radius 1 is 1.29 bits per heavy atom. The maximum absolute atomic E-state index is 8.99. The predicted molar refractivity (Wildman–Crippen MR) is 61.2 cm³/mol. The van der Waals surface area contributed by atoms with E-state index < -0.39 is 0 Å². The second-order valence-electron chi connectivity index (χ2n) is 4.03. The molecule has 0 heterocycles. The number of rotatable bonds is 8. The lowest BCUT2D eigenvalue weighted by molar-refractivity contribution is 0.128. The minimum Gasteiger partial charge on any atom is -0.395 e. The van der Waals surface area contributed by atoms with E-state index in [4.69, 9.17) is 10.8 Å². The first-order chi connectivity index (χ1) is 6.69. The van der Waals surface area contributed by atoms with Crippen molar-refractivity contribution in [2.45, 2.75) is 39.7 Å². The molecular formula is C11H26N2O. The second kappa shape index (κ2) is 8.21. The second-order valence-corrected chi connectivity index (χ2v) is 4.03. The molecule has 0 aliphatic rings. The average molecular weight is 202 g/mol. The van der Waals surface area contributed by atoms with E-state index in [9.17, 15) is 0 Å². The normalized spacial score (nSPS) is 13.9. The number of aliphatic hydroxyl groups is 1. The van der Waals surface area contributed by atoms with Crippen LogP contribution in [0.3, 0.4) is 0 Å². The van der Waals surface area contributed by atoms with E-state index in [0.717, 1.165) is 32.5 Å². The topological polar surface area (TPSA) is 49.5 Å². The Kier molecular flexibility index (Phi) is 8.14. The molecule has 0 aromatic rings. The van der Waals surface area contributed by atoms with Crippen LogP contribution in [0.2, 0.25) is 0 Å². The Balaban J connectivity index is 4.10. The van der Waals surface area contributed by atoms with Gasteiger partial charge in [0.1, 0.15) is 0 Å². The zero-order valence-corrected chi connectivity index (χ0v) is 9.87. The summed E-state index contributed by atoms with van der Waals surface area (Å²) in [5, 5.41) is 8.99. The molecule has 0 spiro atoms. The first-order valence-electron chi connectivity index (χ1n) is 5.74. The molecule has 3 nitrogen and oxygen atoms in total. The van der Waals surface area contributed by atoms with Crippen molar-refractivity contribution in [2.24, 2.45) is 11.7 Å². The zero-order chi connectivity index (χ0) is 11.0. The number of hydrogen-bond donors (Lipinski definition) is 2. The molecule has 1 unspecified atom stereocenters. The predicted octanol–water partition coefficient (Wildman–Crippen LogP) is 1.06. The molecule has 0 aromatic heterocycles. The molecule has 86 valence electrons. The lowest BCUT2D eigenvalue weighted by Crippen LogP contribution is -2.40. The van der Waals surface area contributed by atoms with Gasteiger partial charge in [-0.1, -0.05) is 20.8 Å². The van der Waals surface area contributed by atoms with Crippen molar-refractivity contribution in [1.29, 1.82) is 0 Å². The molecule has 0 radical (unpaired) electrons. The summed E-state index contributed by atoms with van der Waals surface area (Å²) < 4.78 is 0. The largest absolute Gasteiger partial charge is 0.395 e. The Labute approximate surface area is 88.3 Å². The van der Waals surface area contributed by atoms with Crippen molar-refractivity contribution in [3.8, 4) is 0 Å². The van der Waals surface area contributed by atoms with Crippen molar-refractivity contribution in [3.05, 3.63) is 0 Å². The first-order valence-corrected chi connectivity index (χ1v) is 5.74. The van der Waals surface area contributed by atoms with Crippen LogP contribution in [0.15, 0.2) is 0 Å². The molecule has 0 fully saturated rings. The van der Waals surface area contributed by atoms with Gasteiger partial charge in [0.15, 0.2) is 0 Å². The molecule has 0 aromatic carbocycles. The minimum absolute atomic E-state index is 0.244. The van der Waals surface area contributed by atoms with Gasteiger partial charge in [0.2, 0.25) is 0 Å². The van der Waals surface area contributed by atoms with Crippen LogP contribution in [-0.4, -0.2) is 42.3 Å². The SMILES string of the molecule is CCC(CC)N(CCO)CC(C)CN. The van der Waals surface area contributed by atoms with Gasteiger partial charge in [-0.15, -0.1) is 0 Å². The molecule has 3 N–H and O–H groups in total. The maximum atomic E-state index is 8.99. The molecule has 1 atom stereocenters. The fourth-order valence-electron chi connectivity index (χ4n) is 1.83. The summed E-state index contributed by atoms with van der Waals surface area (Å²) in [4.78, 5) is 2.36. The summed E-state index contributed by atoms with van der Waals surface area (Å²) in [6, 6.07) is 0.594. The Morgan fingerprint density at radius 2 is 1.86 bits per heavy atom. The highest BCUT2D eigenvalue weighted by molar-refractivity contribution is 4.71. The summed E-state index contributed by atoms with van der Waals surface area (Å²) in [6.45, 7) is 9.31. The molecule has 14 heavy (non-hydrogen) atoms. The van der Waals surface area contributed by atoms with Crippen molar-refractivity contribution < 1.29 is 5.11 Å². The molecule has 0 rings (SSSR count). The van der Waals surface area contributed by atoms with Gasteiger partial charge in [-0.05, 0) is 25.3 Å². The molecule has 0 aliphatic heterocycles. The van der Waals surface area contributed by atoms with E-state index in [2.05, 4.69) is 25.7 Å². The van der Waals surface area contributed by atoms with Crippen LogP contribution in [0.25, 0.3) is 0 Å². The Hall–Kier alpha value is -0.120. The highest BCUT2D eigenvalue weighted by Gasteiger charge is 2.16. The summed E-state index contributed by atoms with van der Waals surface area (Å²) in [6.07, 6.45) is 2.29. The maximum Gasteiger partial charge on any atom is 0.0558 e. The summed E-state index contributed by atoms with van der Waals surface area (Å²) in [5.41, 5.74) is 5.61. The Morgan fingerprint density at radius 3 is 2.21 bits per heavy atom. The number of nitrogens with two attached hydrogens (primary N) is 1. The van der Waals surface area contributed by atoms with Gasteiger partial charge in [-0.25, -0.2) is 0 Å². The fourth-order valence-corrected chi connectivity index (χ4v) is 1.83. The first kappa shape index (κ1) is 13.9. The monoisotopic (exact) mass is 202 g/mol. The number of aliphatic hydroxyl groups excluding tert-OH is 1. The average Bonchev–Trinajstić information content (AvgIpc) is 2.19. The standard InChI is InChI=1S/C11H26N2O/c1-4-11(5-2)13(6-7-14)9-10(3)8-12/h10-11,14H,4-9,12H2,1-3H3. The molecule has 0 amide bonds. The third-order valence-electron chi connectivity index (χ3n) is 2.79. The minimum atomic E-state index is 0.244. The van der Waals surface area contributed by atoms with E-state index in [0.29, 0.717) is 12.0 Å². The highest BCUT2D eigenvalue weighted by atomic mass is 16.3. The van der Waals surface area contributed by atoms with Gasteiger partial charge >= 0.3 is 0 Å². The third kappa shape index (κ3) is 4.94. The van der Waals surface area contributed by atoms with E-state index >= 15 is 0 Å². The van der Waals surface area contributed by atoms with Gasteiger partial charge in [0.25, 0.3) is 0 Å². The smallest absolute Gasteiger partial charge is 0.0558 e. The molecule has 0 saturated carbocycles. The van der Waals surface area contributed by atoms with Crippen molar-refractivity contribution >= 4 is 0 Å². The molecule has 0 aliphatic carbocycles. The lowest BCUT2D eigenvalue weighted by atomic mass is 10.1. The molecule has 3 heteroatoms. The summed E-state index contributed by atoms with van der Waals surface area (Å²) in [5.74, 6) is 0.516. The molecule has 0 saturated heterocycles. The van der Waals surface area contributed by atoms with E-state index in [1.54, 1.807) is 0 Å². The van der Waals surface area contributed by atoms with Crippen LogP contribution in [0.1, 0.15) is 33.6 Å². The van der Waals surface area contributed by atoms with E-state index in [1.807, 2.05) is 0 Å². The van der Waals surface area contributed by atoms with Gasteiger partial charge in [-0.2, -0.15) is 0 Å². The third-order valence-corrected chi connectivity index (χ3v) is 2.79. The van der Waals surface area contributed by atoms with Crippen LogP contribution in [0.5, 0.6) is 0 Å². The molecule has 0 bridgehead atoms. The van der Waals surface area contributed by atoms with Crippen LogP contribution in [0.4, 0.5) is 0 Å². The van der Waals surface area contributed by atoms with Gasteiger partial charge in [0.05, 0.1) is 6.61 Å². The van der Waals surface area contributed by atoms with E-state index in [-0.39, 0.29) is 6.61 Å². The van der Waals surface area contributed by atoms with Crippen LogP contribution < -0.4 is 5.73 Å². The van der Waals surface area contributed by atoms with Gasteiger partial charge in [0, 0.05) is 19.1 Å². The van der Waals surface area contributed by atoms with Crippen LogP contribution in [0, 0.1) is 5.92 Å². The zero-order valence-electron chi connectivity index (χ0n) is 9.87. The summed E-state index contributed by atoms with van der Waals surface area (Å²) >= 11 is 0.